The summed E-state index contributed by atoms with van der Waals surface area (Å²) in [5.41, 5.74) is 1.13. The maximum absolute atomic E-state index is 12.7. The maximum Gasteiger partial charge on any atom is 0.277 e. The number of hydrogen-bond acceptors (Lipinski definition) is 6. The lowest BCUT2D eigenvalue weighted by Crippen LogP contribution is -2.45. The number of likely N-dealkylation sites (tertiary alicyclic amines) is 1. The quantitative estimate of drug-likeness (QED) is 0.697. The highest BCUT2D eigenvalue weighted by Crippen LogP contribution is 2.27. The van der Waals surface area contributed by atoms with Crippen molar-refractivity contribution in [2.24, 2.45) is 11.8 Å². The summed E-state index contributed by atoms with van der Waals surface area (Å²) in [7, 11) is 0. The van der Waals surface area contributed by atoms with Crippen molar-refractivity contribution < 1.29 is 13.9 Å². The summed E-state index contributed by atoms with van der Waals surface area (Å²) in [6.45, 7) is 10.2. The van der Waals surface area contributed by atoms with Crippen molar-refractivity contribution in [3.8, 4) is 5.75 Å². The lowest BCUT2D eigenvalue weighted by atomic mass is 9.92. The SMILES string of the molecule is Cc1cccc(OCc2nnc(SC(C)C(=O)N3CC(C)CC(C)C3)o2)c1. The van der Waals surface area contributed by atoms with Gasteiger partial charge in [0.1, 0.15) is 5.75 Å². The van der Waals surface area contributed by atoms with Crippen LogP contribution in [-0.2, 0) is 11.4 Å². The molecule has 1 aliphatic heterocycles. The van der Waals surface area contributed by atoms with Crippen molar-refractivity contribution in [1.82, 2.24) is 15.1 Å². The van der Waals surface area contributed by atoms with Crippen molar-refractivity contribution in [3.05, 3.63) is 35.7 Å². The number of thioether (sulfide) groups is 1. The Balaban J connectivity index is 1.52. The fraction of sp³-hybridized carbons (Fsp3) is 0.550. The fourth-order valence-corrected chi connectivity index (χ4v) is 4.28. The van der Waals surface area contributed by atoms with Gasteiger partial charge < -0.3 is 14.1 Å². The standard InChI is InChI=1S/C20H27N3O3S/c1-13-6-5-7-17(9-13)25-12-18-21-22-20(26-18)27-16(4)19(24)23-10-14(2)8-15(3)11-23/h5-7,9,14-16H,8,10-12H2,1-4H3. The minimum atomic E-state index is -0.256. The molecule has 0 aliphatic carbocycles. The molecular formula is C20H27N3O3S. The monoisotopic (exact) mass is 389 g/mol. The van der Waals surface area contributed by atoms with Gasteiger partial charge in [0.15, 0.2) is 6.61 Å². The number of hydrogen-bond donors (Lipinski definition) is 0. The van der Waals surface area contributed by atoms with Gasteiger partial charge in [0.2, 0.25) is 5.91 Å². The van der Waals surface area contributed by atoms with Crippen LogP contribution in [0.15, 0.2) is 33.9 Å². The molecule has 1 saturated heterocycles. The molecule has 3 unspecified atom stereocenters. The van der Waals surface area contributed by atoms with Crippen molar-refractivity contribution in [2.45, 2.75) is 51.2 Å². The normalized spacial score (nSPS) is 21.1. The topological polar surface area (TPSA) is 68.5 Å². The van der Waals surface area contributed by atoms with E-state index in [-0.39, 0.29) is 17.8 Å². The molecule has 1 aliphatic rings. The smallest absolute Gasteiger partial charge is 0.277 e. The van der Waals surface area contributed by atoms with E-state index < -0.39 is 0 Å². The first-order valence-corrected chi connectivity index (χ1v) is 10.3. The lowest BCUT2D eigenvalue weighted by molar-refractivity contribution is -0.132. The van der Waals surface area contributed by atoms with E-state index in [9.17, 15) is 4.79 Å². The molecule has 1 aromatic heterocycles. The second-order valence-electron chi connectivity index (χ2n) is 7.52. The van der Waals surface area contributed by atoms with Crippen LogP contribution in [-0.4, -0.2) is 39.3 Å². The summed E-state index contributed by atoms with van der Waals surface area (Å²) in [6, 6.07) is 7.79. The Bertz CT molecular complexity index is 769. The summed E-state index contributed by atoms with van der Waals surface area (Å²) in [6.07, 6.45) is 1.18. The first-order chi connectivity index (χ1) is 12.9. The molecule has 0 saturated carbocycles. The highest BCUT2D eigenvalue weighted by molar-refractivity contribution is 8.00. The van der Waals surface area contributed by atoms with Crippen molar-refractivity contribution in [3.63, 3.8) is 0 Å². The van der Waals surface area contributed by atoms with E-state index in [0.717, 1.165) is 24.4 Å². The van der Waals surface area contributed by atoms with Gasteiger partial charge in [0.05, 0.1) is 5.25 Å². The lowest BCUT2D eigenvalue weighted by Gasteiger charge is -2.36. The molecule has 3 atom stereocenters. The number of rotatable bonds is 6. The van der Waals surface area contributed by atoms with E-state index >= 15 is 0 Å². The molecule has 0 N–H and O–H groups in total. The van der Waals surface area contributed by atoms with Gasteiger partial charge in [-0.15, -0.1) is 10.2 Å². The summed E-state index contributed by atoms with van der Waals surface area (Å²) < 4.78 is 11.3. The predicted molar refractivity (Wildman–Crippen MR) is 105 cm³/mol. The largest absolute Gasteiger partial charge is 0.484 e. The van der Waals surface area contributed by atoms with Crippen LogP contribution in [0.4, 0.5) is 0 Å². The molecule has 1 amide bonds. The zero-order valence-corrected chi connectivity index (χ0v) is 17.2. The van der Waals surface area contributed by atoms with Crippen LogP contribution < -0.4 is 4.74 Å². The van der Waals surface area contributed by atoms with Gasteiger partial charge in [-0.25, -0.2) is 0 Å². The molecule has 3 rings (SSSR count). The Morgan fingerprint density at radius 2 is 2.07 bits per heavy atom. The van der Waals surface area contributed by atoms with Crippen molar-refractivity contribution >= 4 is 17.7 Å². The summed E-state index contributed by atoms with van der Waals surface area (Å²) >= 11 is 1.31. The number of carbonyl (C=O) groups excluding carboxylic acids is 1. The minimum absolute atomic E-state index is 0.133. The molecule has 0 spiro atoms. The molecule has 0 bridgehead atoms. The summed E-state index contributed by atoms with van der Waals surface area (Å²) in [4.78, 5) is 14.7. The third-order valence-electron chi connectivity index (χ3n) is 4.61. The Morgan fingerprint density at radius 3 is 2.78 bits per heavy atom. The second kappa shape index (κ2) is 8.78. The zero-order chi connectivity index (χ0) is 19.4. The van der Waals surface area contributed by atoms with Gasteiger partial charge in [0.25, 0.3) is 11.1 Å². The van der Waals surface area contributed by atoms with E-state index in [1.54, 1.807) is 0 Å². The number of piperidine rings is 1. The first-order valence-electron chi connectivity index (χ1n) is 9.38. The van der Waals surface area contributed by atoms with Gasteiger partial charge in [-0.3, -0.25) is 4.79 Å². The van der Waals surface area contributed by atoms with Crippen molar-refractivity contribution in [1.29, 1.82) is 0 Å². The van der Waals surface area contributed by atoms with E-state index in [1.807, 2.05) is 43.0 Å². The average Bonchev–Trinajstić information content (AvgIpc) is 3.06. The zero-order valence-electron chi connectivity index (χ0n) is 16.3. The van der Waals surface area contributed by atoms with E-state index in [4.69, 9.17) is 9.15 Å². The summed E-state index contributed by atoms with van der Waals surface area (Å²) in [5, 5.41) is 8.20. The molecule has 2 aromatic rings. The summed E-state index contributed by atoms with van der Waals surface area (Å²) in [5.74, 6) is 2.39. The van der Waals surface area contributed by atoms with Gasteiger partial charge >= 0.3 is 0 Å². The number of ether oxygens (including phenoxy) is 1. The van der Waals surface area contributed by atoms with Crippen LogP contribution in [0.2, 0.25) is 0 Å². The van der Waals surface area contributed by atoms with Crippen molar-refractivity contribution in [2.75, 3.05) is 13.1 Å². The predicted octanol–water partition coefficient (Wildman–Crippen LogP) is 3.94. The fourth-order valence-electron chi connectivity index (χ4n) is 3.50. The Kier molecular flexibility index (Phi) is 6.42. The maximum atomic E-state index is 12.7. The molecule has 2 heterocycles. The molecular weight excluding hydrogens is 362 g/mol. The van der Waals surface area contributed by atoms with Gasteiger partial charge in [-0.05, 0) is 49.8 Å². The highest BCUT2D eigenvalue weighted by Gasteiger charge is 2.29. The van der Waals surface area contributed by atoms with E-state index in [0.29, 0.717) is 22.9 Å². The van der Waals surface area contributed by atoms with Crippen LogP contribution in [0, 0.1) is 18.8 Å². The van der Waals surface area contributed by atoms with Gasteiger partial charge in [-0.2, -0.15) is 0 Å². The van der Waals surface area contributed by atoms with Gasteiger partial charge in [0, 0.05) is 13.1 Å². The average molecular weight is 390 g/mol. The Hall–Kier alpha value is -2.02. The molecule has 1 aromatic carbocycles. The molecule has 1 fully saturated rings. The van der Waals surface area contributed by atoms with Gasteiger partial charge in [-0.1, -0.05) is 37.7 Å². The van der Waals surface area contributed by atoms with Crippen LogP contribution in [0.3, 0.4) is 0 Å². The molecule has 146 valence electrons. The number of aryl methyl sites for hydroxylation is 1. The van der Waals surface area contributed by atoms with Crippen LogP contribution in [0.5, 0.6) is 5.75 Å². The number of aromatic nitrogens is 2. The highest BCUT2D eigenvalue weighted by atomic mass is 32.2. The number of nitrogens with zero attached hydrogens (tertiary/aromatic N) is 3. The molecule has 27 heavy (non-hydrogen) atoms. The number of carbonyl (C=O) groups is 1. The Labute approximate surface area is 164 Å². The number of amides is 1. The first kappa shape index (κ1) is 19.7. The molecule has 0 radical (unpaired) electrons. The van der Waals surface area contributed by atoms with E-state index in [2.05, 4.69) is 24.0 Å². The third kappa shape index (κ3) is 5.48. The minimum Gasteiger partial charge on any atom is -0.484 e. The van der Waals surface area contributed by atoms with Crippen LogP contribution in [0.25, 0.3) is 0 Å². The van der Waals surface area contributed by atoms with E-state index in [1.165, 1.54) is 18.2 Å². The second-order valence-corrected chi connectivity index (χ2v) is 8.81. The molecule has 7 heteroatoms. The van der Waals surface area contributed by atoms with Crippen LogP contribution in [0.1, 0.15) is 38.6 Å². The Morgan fingerprint density at radius 1 is 1.33 bits per heavy atom. The molecule has 6 nitrogen and oxygen atoms in total. The number of benzene rings is 1. The third-order valence-corrected chi connectivity index (χ3v) is 5.53. The van der Waals surface area contributed by atoms with Crippen LogP contribution >= 0.6 is 11.8 Å².